The molecular formula is C21H26N2O4. The second-order valence-electron chi connectivity index (χ2n) is 6.03. The summed E-state index contributed by atoms with van der Waals surface area (Å²) < 4.78 is 10.7. The molecule has 0 bridgehead atoms. The van der Waals surface area contributed by atoms with E-state index in [1.807, 2.05) is 54.6 Å². The Morgan fingerprint density at radius 2 is 1.74 bits per heavy atom. The maximum absolute atomic E-state index is 12.0. The lowest BCUT2D eigenvalue weighted by Crippen LogP contribution is -2.34. The molecule has 2 aromatic carbocycles. The average Bonchev–Trinajstić information content (AvgIpc) is 2.68. The van der Waals surface area contributed by atoms with Crippen molar-refractivity contribution in [3.05, 3.63) is 60.2 Å². The number of nitrogens with one attached hydrogen (secondary N) is 1. The Kier molecular flexibility index (Phi) is 8.32. The monoisotopic (exact) mass is 370 g/mol. The molecule has 144 valence electrons. The Morgan fingerprint density at radius 3 is 2.37 bits per heavy atom. The summed E-state index contributed by atoms with van der Waals surface area (Å²) in [5.41, 5.74) is 1.82. The normalized spacial score (nSPS) is 10.3. The summed E-state index contributed by atoms with van der Waals surface area (Å²) in [6.45, 7) is 3.22. The molecule has 6 heteroatoms. The predicted octanol–water partition coefficient (Wildman–Crippen LogP) is 2.77. The molecule has 0 aliphatic rings. The summed E-state index contributed by atoms with van der Waals surface area (Å²) in [4.78, 5) is 25.4. The van der Waals surface area contributed by atoms with Crippen LogP contribution in [-0.2, 0) is 20.9 Å². The van der Waals surface area contributed by atoms with E-state index in [0.717, 1.165) is 17.0 Å². The molecule has 0 fully saturated rings. The van der Waals surface area contributed by atoms with Crippen LogP contribution in [0.5, 0.6) is 5.75 Å². The molecule has 0 saturated heterocycles. The number of ether oxygens (including phenoxy) is 2. The Bertz CT molecular complexity index is 717. The van der Waals surface area contributed by atoms with E-state index in [1.54, 1.807) is 12.0 Å². The zero-order valence-corrected chi connectivity index (χ0v) is 15.8. The van der Waals surface area contributed by atoms with Gasteiger partial charge < -0.3 is 19.7 Å². The van der Waals surface area contributed by atoms with Crippen molar-refractivity contribution in [2.45, 2.75) is 20.0 Å². The van der Waals surface area contributed by atoms with Gasteiger partial charge in [-0.3, -0.25) is 9.59 Å². The lowest BCUT2D eigenvalue weighted by Gasteiger charge is -2.21. The molecule has 0 aromatic heterocycles. The smallest absolute Gasteiger partial charge is 0.223 e. The Balaban J connectivity index is 1.89. The summed E-state index contributed by atoms with van der Waals surface area (Å²) in [5.74, 6) is 0.502. The predicted molar refractivity (Wildman–Crippen MR) is 105 cm³/mol. The van der Waals surface area contributed by atoms with Crippen LogP contribution in [0.1, 0.15) is 18.9 Å². The summed E-state index contributed by atoms with van der Waals surface area (Å²) >= 11 is 0. The van der Waals surface area contributed by atoms with Crippen LogP contribution in [-0.4, -0.2) is 38.6 Å². The van der Waals surface area contributed by atoms with E-state index >= 15 is 0 Å². The summed E-state index contributed by atoms with van der Waals surface area (Å²) in [7, 11) is 1.58. The van der Waals surface area contributed by atoms with E-state index in [1.165, 1.54) is 6.92 Å². The third kappa shape index (κ3) is 7.11. The fraction of sp³-hybridized carbons (Fsp3) is 0.333. The van der Waals surface area contributed by atoms with Crippen molar-refractivity contribution in [1.29, 1.82) is 0 Å². The molecule has 0 radical (unpaired) electrons. The fourth-order valence-electron chi connectivity index (χ4n) is 2.53. The van der Waals surface area contributed by atoms with Crippen LogP contribution in [0, 0.1) is 0 Å². The van der Waals surface area contributed by atoms with E-state index < -0.39 is 0 Å². The van der Waals surface area contributed by atoms with Gasteiger partial charge in [-0.1, -0.05) is 30.3 Å². The Labute approximate surface area is 160 Å². The number of nitrogens with zero attached hydrogens (tertiary/aromatic N) is 1. The van der Waals surface area contributed by atoms with E-state index in [4.69, 9.17) is 9.47 Å². The van der Waals surface area contributed by atoms with Gasteiger partial charge in [0.15, 0.2) is 0 Å². The second kappa shape index (κ2) is 11.0. The molecule has 1 N–H and O–H groups in total. The lowest BCUT2D eigenvalue weighted by molar-refractivity contribution is -0.121. The number of hydrogen-bond donors (Lipinski definition) is 1. The highest BCUT2D eigenvalue weighted by Crippen LogP contribution is 2.21. The third-order valence-corrected chi connectivity index (χ3v) is 3.97. The highest BCUT2D eigenvalue weighted by molar-refractivity contribution is 5.92. The van der Waals surface area contributed by atoms with Crippen molar-refractivity contribution in [3.8, 4) is 5.75 Å². The SMILES string of the molecule is COCCNC(=O)CCN(C(C)=O)c1ccc(OCc2ccccc2)cc1. The fourth-order valence-corrected chi connectivity index (χ4v) is 2.53. The average molecular weight is 370 g/mol. The van der Waals surface area contributed by atoms with Gasteiger partial charge in [-0.2, -0.15) is 0 Å². The minimum Gasteiger partial charge on any atom is -0.489 e. The molecular weight excluding hydrogens is 344 g/mol. The first-order valence-electron chi connectivity index (χ1n) is 8.90. The largest absolute Gasteiger partial charge is 0.489 e. The minimum atomic E-state index is -0.113. The van der Waals surface area contributed by atoms with Gasteiger partial charge in [0.2, 0.25) is 11.8 Å². The van der Waals surface area contributed by atoms with Gasteiger partial charge in [0.05, 0.1) is 6.61 Å². The molecule has 0 aliphatic heterocycles. The van der Waals surface area contributed by atoms with Crippen molar-refractivity contribution in [2.75, 3.05) is 31.7 Å². The molecule has 2 rings (SSSR count). The summed E-state index contributed by atoms with van der Waals surface area (Å²) in [5, 5.41) is 2.75. The Morgan fingerprint density at radius 1 is 1.04 bits per heavy atom. The maximum Gasteiger partial charge on any atom is 0.223 e. The topological polar surface area (TPSA) is 67.9 Å². The van der Waals surface area contributed by atoms with Crippen LogP contribution in [0.2, 0.25) is 0 Å². The summed E-state index contributed by atoms with van der Waals surface area (Å²) in [6.07, 6.45) is 0.232. The molecule has 0 unspecified atom stereocenters. The molecule has 2 aromatic rings. The minimum absolute atomic E-state index is 0.110. The van der Waals surface area contributed by atoms with Gasteiger partial charge in [-0.15, -0.1) is 0 Å². The molecule has 0 spiro atoms. The van der Waals surface area contributed by atoms with Crippen molar-refractivity contribution >= 4 is 17.5 Å². The quantitative estimate of drug-likeness (QED) is 0.653. The van der Waals surface area contributed by atoms with E-state index in [9.17, 15) is 9.59 Å². The highest BCUT2D eigenvalue weighted by Gasteiger charge is 2.13. The second-order valence-corrected chi connectivity index (χ2v) is 6.03. The van der Waals surface area contributed by atoms with E-state index in [2.05, 4.69) is 5.32 Å². The standard InChI is InChI=1S/C21H26N2O4/c1-17(24)23(14-12-21(25)22-13-15-26-2)19-8-10-20(11-9-19)27-16-18-6-4-3-5-7-18/h3-11H,12-16H2,1-2H3,(H,22,25). The van der Waals surface area contributed by atoms with Crippen molar-refractivity contribution in [3.63, 3.8) is 0 Å². The number of amides is 2. The molecule has 0 saturated carbocycles. The highest BCUT2D eigenvalue weighted by atomic mass is 16.5. The molecule has 0 heterocycles. The molecule has 6 nitrogen and oxygen atoms in total. The molecule has 27 heavy (non-hydrogen) atoms. The van der Waals surface area contributed by atoms with Gasteiger partial charge in [0, 0.05) is 39.2 Å². The number of carbonyl (C=O) groups excluding carboxylic acids is 2. The van der Waals surface area contributed by atoms with Crippen molar-refractivity contribution in [1.82, 2.24) is 5.32 Å². The number of rotatable bonds is 10. The number of anilines is 1. The van der Waals surface area contributed by atoms with E-state index in [0.29, 0.717) is 26.3 Å². The number of carbonyl (C=O) groups is 2. The molecule has 0 atom stereocenters. The first-order valence-corrected chi connectivity index (χ1v) is 8.90. The van der Waals surface area contributed by atoms with Gasteiger partial charge in [0.1, 0.15) is 12.4 Å². The van der Waals surface area contributed by atoms with Crippen LogP contribution >= 0.6 is 0 Å². The van der Waals surface area contributed by atoms with Crippen molar-refractivity contribution < 1.29 is 19.1 Å². The first kappa shape index (κ1) is 20.5. The van der Waals surface area contributed by atoms with E-state index in [-0.39, 0.29) is 18.2 Å². The third-order valence-electron chi connectivity index (χ3n) is 3.97. The summed E-state index contributed by atoms with van der Waals surface area (Å²) in [6, 6.07) is 17.2. The Hall–Kier alpha value is -2.86. The van der Waals surface area contributed by atoms with Crippen LogP contribution in [0.3, 0.4) is 0 Å². The van der Waals surface area contributed by atoms with Crippen LogP contribution in [0.4, 0.5) is 5.69 Å². The van der Waals surface area contributed by atoms with Crippen molar-refractivity contribution in [2.24, 2.45) is 0 Å². The number of methoxy groups -OCH3 is 1. The number of hydrogen-bond acceptors (Lipinski definition) is 4. The number of benzene rings is 2. The maximum atomic E-state index is 12.0. The molecule has 2 amide bonds. The van der Waals surface area contributed by atoms with Gasteiger partial charge in [0.25, 0.3) is 0 Å². The van der Waals surface area contributed by atoms with Gasteiger partial charge in [-0.25, -0.2) is 0 Å². The van der Waals surface area contributed by atoms with Gasteiger partial charge in [-0.05, 0) is 29.8 Å². The zero-order chi connectivity index (χ0) is 19.5. The zero-order valence-electron chi connectivity index (χ0n) is 15.8. The van der Waals surface area contributed by atoms with Crippen LogP contribution < -0.4 is 15.0 Å². The van der Waals surface area contributed by atoms with Crippen LogP contribution in [0.25, 0.3) is 0 Å². The lowest BCUT2D eigenvalue weighted by atomic mass is 10.2. The van der Waals surface area contributed by atoms with Crippen LogP contribution in [0.15, 0.2) is 54.6 Å². The van der Waals surface area contributed by atoms with Gasteiger partial charge >= 0.3 is 0 Å². The first-order chi connectivity index (χ1) is 13.1. The molecule has 0 aliphatic carbocycles.